The summed E-state index contributed by atoms with van der Waals surface area (Å²) in [6, 6.07) is 41.7. The number of carbonyl (C=O) groups excluding carboxylic acids is 9. The molecule has 109 heavy (non-hydrogen) atoms. The molecule has 27 nitrogen and oxygen atoms in total. The highest BCUT2D eigenvalue weighted by molar-refractivity contribution is 6.01. The van der Waals surface area contributed by atoms with Crippen molar-refractivity contribution in [3.63, 3.8) is 0 Å². The molecule has 0 radical (unpaired) electrons. The number of H-pyrrole nitrogens is 3. The first kappa shape index (κ1) is 75.1. The lowest BCUT2D eigenvalue weighted by Gasteiger charge is -2.22. The lowest BCUT2D eigenvalue weighted by Crippen LogP contribution is -2.45. The fourth-order valence-corrected chi connectivity index (χ4v) is 13.3. The van der Waals surface area contributed by atoms with Crippen LogP contribution in [0.3, 0.4) is 0 Å². The summed E-state index contributed by atoms with van der Waals surface area (Å²) in [5, 5.41) is 29.1. The van der Waals surface area contributed by atoms with Crippen LogP contribution in [0.1, 0.15) is 126 Å². The van der Waals surface area contributed by atoms with Crippen molar-refractivity contribution >= 4 is 103 Å². The van der Waals surface area contributed by atoms with E-state index in [1.54, 1.807) is 36.4 Å². The Labute approximate surface area is 626 Å². The van der Waals surface area contributed by atoms with Gasteiger partial charge in [-0.3, -0.25) is 58.1 Å². The molecule has 0 aliphatic carbocycles. The van der Waals surface area contributed by atoms with E-state index in [-0.39, 0.29) is 93.0 Å². The van der Waals surface area contributed by atoms with Crippen molar-refractivity contribution < 1.29 is 43.2 Å². The highest BCUT2D eigenvalue weighted by Gasteiger charge is 2.28. The number of nitrogens with one attached hydrogen (secondary N) is 12. The third-order valence-corrected chi connectivity index (χ3v) is 18.8. The van der Waals surface area contributed by atoms with Crippen molar-refractivity contribution in [3.05, 3.63) is 269 Å². The summed E-state index contributed by atoms with van der Waals surface area (Å²) in [6.45, 7) is 6.21. The Hall–Kier alpha value is -13.6. The summed E-state index contributed by atoms with van der Waals surface area (Å²) in [4.78, 5) is 158. The van der Waals surface area contributed by atoms with Gasteiger partial charge in [0.15, 0.2) is 0 Å². The number of para-hydroxylation sites is 3. The van der Waals surface area contributed by atoms with Gasteiger partial charge in [-0.15, -0.1) is 0 Å². The monoisotopic (exact) mass is 1460 g/mol. The first-order valence-corrected chi connectivity index (χ1v) is 35.9. The number of carbonyl (C=O) groups is 9. The quantitative estimate of drug-likeness (QED) is 0.0135. The molecule has 0 aliphatic heterocycles. The molecule has 0 bridgehead atoms. The largest absolute Gasteiger partial charge is 0.358 e. The summed E-state index contributed by atoms with van der Waals surface area (Å²) < 4.78 is 0. The molecule has 6 aromatic carbocycles. The van der Waals surface area contributed by atoms with Crippen LogP contribution in [0.5, 0.6) is 0 Å². The molecule has 12 N–H and O–H groups in total. The van der Waals surface area contributed by atoms with Gasteiger partial charge in [-0.05, 0) is 147 Å². The number of hydrogen-bond acceptors (Lipinski definition) is 15. The van der Waals surface area contributed by atoms with Gasteiger partial charge in [0, 0.05) is 130 Å². The summed E-state index contributed by atoms with van der Waals surface area (Å²) in [7, 11) is 0. The Morgan fingerprint density at radius 3 is 0.890 bits per heavy atom. The van der Waals surface area contributed by atoms with E-state index in [2.05, 4.69) is 92.7 Å². The minimum Gasteiger partial charge on any atom is -0.358 e. The maximum Gasteiger partial charge on any atom is 0.271 e. The molecule has 0 saturated heterocycles. The van der Waals surface area contributed by atoms with E-state index in [9.17, 15) is 43.2 Å². The highest BCUT2D eigenvalue weighted by Crippen LogP contribution is 2.35. The zero-order valence-electron chi connectivity index (χ0n) is 60.2. The lowest BCUT2D eigenvalue weighted by molar-refractivity contribution is -0.126. The van der Waals surface area contributed by atoms with Crippen molar-refractivity contribution in [2.45, 2.75) is 103 Å². The van der Waals surface area contributed by atoms with Crippen molar-refractivity contribution in [2.75, 3.05) is 35.6 Å². The molecule has 27 heteroatoms. The van der Waals surface area contributed by atoms with E-state index in [1.807, 2.05) is 130 Å². The molecule has 554 valence electrons. The number of rotatable bonds is 33. The minimum absolute atomic E-state index is 0.000592. The van der Waals surface area contributed by atoms with Crippen LogP contribution in [0.4, 0.5) is 17.1 Å². The first-order valence-electron chi connectivity index (χ1n) is 35.9. The lowest BCUT2D eigenvalue weighted by atomic mass is 9.85. The van der Waals surface area contributed by atoms with Crippen LogP contribution in [-0.4, -0.2) is 136 Å². The number of fused-ring (bicyclic) bond motifs is 3. The highest BCUT2D eigenvalue weighted by atomic mass is 16.2. The number of nitrogens with zero attached hydrogens (tertiary/aromatic N) is 6. The second kappa shape index (κ2) is 35.9. The standard InChI is InChI=1S/C82H82N18O9/c1-49-61(58-13-4-7-16-64(58)92-49)43-73(101)98-67(19-10-34-89-77(104)70-46-83-37-40-86-70)80(107)95-55-28-22-52(23-29-55)76(53-24-30-56(31-25-53)96-81(108)68(20-11-35-90-78(105)71-47-84-38-41-87-71)99-74(102)44-62-50(2)93-65-17-8-5-14-59(62)65)54-26-32-57(33-27-54)97-82(109)69(21-12-36-91-79(106)72-48-85-39-42-88-72)100-75(103)45-63-51(3)94-66-18-9-6-15-60(63)66/h4-9,13-18,22-33,37-42,46-48,67-69,76,92-94H,10-12,19-21,34-36,43-45H2,1-3H3,(H,89,104)(H,90,105)(H,91,106)(H,95,107)(H,96,108)(H,97,109)(H,98,101)(H,99,102)(H,100,103)/t67-,68-,69-/m0/s1. The Morgan fingerprint density at radius 1 is 0.349 bits per heavy atom. The van der Waals surface area contributed by atoms with Crippen LogP contribution >= 0.6 is 0 Å². The Morgan fingerprint density at radius 2 is 0.624 bits per heavy atom. The molecular weight excluding hydrogens is 1380 g/mol. The molecule has 12 aromatic rings. The molecule has 0 fully saturated rings. The van der Waals surface area contributed by atoms with Gasteiger partial charge in [-0.1, -0.05) is 91.0 Å². The van der Waals surface area contributed by atoms with Crippen LogP contribution in [0.2, 0.25) is 0 Å². The summed E-state index contributed by atoms with van der Waals surface area (Å²) in [6.07, 6.45) is 14.1. The number of aromatic nitrogens is 9. The number of aromatic amines is 3. The smallest absolute Gasteiger partial charge is 0.271 e. The zero-order chi connectivity index (χ0) is 76.2. The maximum absolute atomic E-state index is 14.5. The van der Waals surface area contributed by atoms with Crippen molar-refractivity contribution in [1.29, 1.82) is 0 Å². The van der Waals surface area contributed by atoms with Crippen LogP contribution < -0.4 is 47.9 Å². The van der Waals surface area contributed by atoms with Gasteiger partial charge in [-0.25, -0.2) is 15.0 Å². The van der Waals surface area contributed by atoms with E-state index in [1.165, 1.54) is 55.8 Å². The average Bonchev–Trinajstić information content (AvgIpc) is 1.43. The second-order valence-corrected chi connectivity index (χ2v) is 26.4. The van der Waals surface area contributed by atoms with E-state index < -0.39 is 59.5 Å². The molecule has 0 aliphatic rings. The second-order valence-electron chi connectivity index (χ2n) is 26.4. The molecule has 0 saturated carbocycles. The van der Waals surface area contributed by atoms with E-state index in [4.69, 9.17) is 0 Å². The average molecular weight is 1460 g/mol. The van der Waals surface area contributed by atoms with Crippen LogP contribution in [-0.2, 0) is 48.0 Å². The van der Waals surface area contributed by atoms with Crippen molar-refractivity contribution in [1.82, 2.24) is 76.8 Å². The fourth-order valence-electron chi connectivity index (χ4n) is 13.3. The van der Waals surface area contributed by atoms with E-state index >= 15 is 0 Å². The Kier molecular flexibility index (Phi) is 24.8. The number of hydrogen-bond donors (Lipinski definition) is 12. The third-order valence-electron chi connectivity index (χ3n) is 18.8. The molecule has 12 rings (SSSR count). The summed E-state index contributed by atoms with van der Waals surface area (Å²) in [5.41, 5.74) is 11.5. The van der Waals surface area contributed by atoms with E-state index in [0.29, 0.717) is 36.3 Å². The van der Waals surface area contributed by atoms with Gasteiger partial charge in [0.05, 0.1) is 37.9 Å². The van der Waals surface area contributed by atoms with Crippen LogP contribution in [0.25, 0.3) is 32.7 Å². The topological polar surface area (TPSA) is 387 Å². The van der Waals surface area contributed by atoms with Gasteiger partial charge in [0.2, 0.25) is 35.4 Å². The van der Waals surface area contributed by atoms with Crippen molar-refractivity contribution in [3.8, 4) is 0 Å². The Bertz CT molecular complexity index is 4710. The van der Waals surface area contributed by atoms with Crippen molar-refractivity contribution in [2.24, 2.45) is 0 Å². The normalized spacial score (nSPS) is 12.0. The molecule has 9 amide bonds. The predicted molar refractivity (Wildman–Crippen MR) is 413 cm³/mol. The SMILES string of the molecule is Cc1[nH]c2ccccc2c1CC(=O)N[C@@H](CCCNC(=O)c1cnccn1)C(=O)Nc1ccc(C(c2ccc(NC(=O)[C@H](CCCNC(=O)c3cnccn3)NC(=O)Cc3c(C)[nH]c4ccccc34)cc2)c2ccc(NC(=O)[C@H](CCCNC(=O)c3cnccn3)NC(=O)Cc3c(C)[nH]c4ccccc34)cc2)cc1. The maximum atomic E-state index is 14.5. The predicted octanol–water partition coefficient (Wildman–Crippen LogP) is 9.23. The van der Waals surface area contributed by atoms with Crippen LogP contribution in [0, 0.1) is 20.8 Å². The fraction of sp³-hybridized carbons (Fsp3) is 0.232. The van der Waals surface area contributed by atoms with Gasteiger partial charge in [-0.2, -0.15) is 0 Å². The molecule has 6 aromatic heterocycles. The minimum atomic E-state index is -1.02. The number of anilines is 3. The number of amides is 9. The summed E-state index contributed by atoms with van der Waals surface area (Å²) in [5.74, 6) is -4.42. The molecule has 0 spiro atoms. The molecular formula is C82H82N18O9. The molecule has 3 atom stereocenters. The third kappa shape index (κ3) is 19.7. The number of aryl methyl sites for hydroxylation is 3. The van der Waals surface area contributed by atoms with E-state index in [0.717, 1.165) is 83.2 Å². The van der Waals surface area contributed by atoms with Crippen LogP contribution in [0.15, 0.2) is 201 Å². The first-order chi connectivity index (χ1) is 53.0. The molecule has 6 heterocycles. The summed E-state index contributed by atoms with van der Waals surface area (Å²) >= 11 is 0. The number of benzene rings is 6. The van der Waals surface area contributed by atoms with Gasteiger partial charge >= 0.3 is 0 Å². The molecule has 0 unspecified atom stereocenters. The van der Waals surface area contributed by atoms with Gasteiger partial charge < -0.3 is 62.8 Å². The zero-order valence-corrected chi connectivity index (χ0v) is 60.2. The Balaban J connectivity index is 0.789. The van der Waals surface area contributed by atoms with Gasteiger partial charge in [0.25, 0.3) is 17.7 Å². The van der Waals surface area contributed by atoms with Gasteiger partial charge in [0.1, 0.15) is 35.2 Å².